The number of benzene rings is 1. The number of hydrogen-bond acceptors (Lipinski definition) is 5. The third-order valence-electron chi connectivity index (χ3n) is 4.27. The van der Waals surface area contributed by atoms with Gasteiger partial charge in [0.2, 0.25) is 5.91 Å². The van der Waals surface area contributed by atoms with Crippen molar-refractivity contribution in [1.82, 2.24) is 20.6 Å². The fourth-order valence-corrected chi connectivity index (χ4v) is 2.59. The van der Waals surface area contributed by atoms with Gasteiger partial charge in [-0.15, -0.1) is 0 Å². The SMILES string of the molecule is Cc1ccc(CCc2ncc(C(=O)N[C@@H](C)C(=O)N[C@H](C=O)CC(=O)O)[nH]2)cc1. The number of carboxylic acids is 1. The van der Waals surface area contributed by atoms with E-state index < -0.39 is 36.3 Å². The Morgan fingerprint density at radius 1 is 1.17 bits per heavy atom. The van der Waals surface area contributed by atoms with Gasteiger partial charge in [0.15, 0.2) is 0 Å². The number of carbonyl (C=O) groups excluding carboxylic acids is 3. The van der Waals surface area contributed by atoms with Gasteiger partial charge in [0.25, 0.3) is 5.91 Å². The molecule has 1 aromatic heterocycles. The Bertz CT molecular complexity index is 875. The van der Waals surface area contributed by atoms with Crippen LogP contribution >= 0.6 is 0 Å². The molecule has 0 aliphatic rings. The largest absolute Gasteiger partial charge is 0.481 e. The average Bonchev–Trinajstić information content (AvgIpc) is 3.15. The van der Waals surface area contributed by atoms with Crippen LogP contribution in [0, 0.1) is 6.92 Å². The average molecular weight is 400 g/mol. The second kappa shape index (κ2) is 10.2. The number of aromatic amines is 1. The number of aliphatic carboxylic acids is 1. The smallest absolute Gasteiger partial charge is 0.305 e. The number of carboxylic acid groups (broad SMARTS) is 1. The predicted molar refractivity (Wildman–Crippen MR) is 104 cm³/mol. The summed E-state index contributed by atoms with van der Waals surface area (Å²) in [5, 5.41) is 13.5. The molecule has 0 bridgehead atoms. The van der Waals surface area contributed by atoms with Gasteiger partial charge in [-0.1, -0.05) is 29.8 Å². The molecule has 1 heterocycles. The van der Waals surface area contributed by atoms with Crippen LogP contribution in [0.5, 0.6) is 0 Å². The molecule has 2 amide bonds. The quantitative estimate of drug-likeness (QED) is 0.434. The number of rotatable bonds is 10. The van der Waals surface area contributed by atoms with Crippen LogP contribution in [0.25, 0.3) is 0 Å². The number of hydrogen-bond donors (Lipinski definition) is 4. The van der Waals surface area contributed by atoms with E-state index in [1.165, 1.54) is 18.7 Å². The molecule has 2 aromatic rings. The zero-order valence-electron chi connectivity index (χ0n) is 16.3. The van der Waals surface area contributed by atoms with E-state index >= 15 is 0 Å². The second-order valence-electron chi connectivity index (χ2n) is 6.77. The van der Waals surface area contributed by atoms with E-state index in [0.717, 1.165) is 12.0 Å². The molecular weight excluding hydrogens is 376 g/mol. The zero-order valence-corrected chi connectivity index (χ0v) is 16.3. The first-order chi connectivity index (χ1) is 13.8. The number of nitrogens with one attached hydrogen (secondary N) is 3. The van der Waals surface area contributed by atoms with Gasteiger partial charge >= 0.3 is 5.97 Å². The number of aldehydes is 1. The van der Waals surface area contributed by atoms with E-state index in [2.05, 4.69) is 20.6 Å². The lowest BCUT2D eigenvalue weighted by atomic mass is 10.1. The van der Waals surface area contributed by atoms with Crippen molar-refractivity contribution >= 4 is 24.1 Å². The Balaban J connectivity index is 1.86. The predicted octanol–water partition coefficient (Wildman–Crippen LogP) is 0.780. The molecule has 29 heavy (non-hydrogen) atoms. The van der Waals surface area contributed by atoms with Crippen LogP contribution in [0.4, 0.5) is 0 Å². The zero-order chi connectivity index (χ0) is 21.4. The Kier molecular flexibility index (Phi) is 7.64. The number of nitrogens with zero attached hydrogens (tertiary/aromatic N) is 1. The number of H-pyrrole nitrogens is 1. The molecule has 9 nitrogen and oxygen atoms in total. The number of aromatic nitrogens is 2. The van der Waals surface area contributed by atoms with E-state index in [0.29, 0.717) is 18.5 Å². The van der Waals surface area contributed by atoms with E-state index in [1.807, 2.05) is 31.2 Å². The molecule has 1 aromatic carbocycles. The van der Waals surface area contributed by atoms with Crippen molar-refractivity contribution < 1.29 is 24.3 Å². The molecule has 0 saturated carbocycles. The van der Waals surface area contributed by atoms with Crippen LogP contribution in [-0.4, -0.2) is 51.2 Å². The maximum atomic E-state index is 12.3. The van der Waals surface area contributed by atoms with E-state index in [9.17, 15) is 19.2 Å². The summed E-state index contributed by atoms with van der Waals surface area (Å²) < 4.78 is 0. The van der Waals surface area contributed by atoms with Gasteiger partial charge in [-0.25, -0.2) is 4.98 Å². The van der Waals surface area contributed by atoms with Crippen LogP contribution in [-0.2, 0) is 27.2 Å². The molecule has 9 heteroatoms. The highest BCUT2D eigenvalue weighted by molar-refractivity contribution is 5.96. The molecule has 0 spiro atoms. The molecule has 0 aliphatic heterocycles. The molecule has 0 saturated heterocycles. The van der Waals surface area contributed by atoms with Gasteiger partial charge in [-0.05, 0) is 25.8 Å². The first kappa shape index (κ1) is 21.8. The van der Waals surface area contributed by atoms with Crippen molar-refractivity contribution in [3.8, 4) is 0 Å². The summed E-state index contributed by atoms with van der Waals surface area (Å²) in [6.07, 6.45) is 2.60. The standard InChI is InChI=1S/C20H24N4O5/c1-12-3-5-14(6-4-12)7-8-17-21-10-16(24-17)20(29)22-13(2)19(28)23-15(11-25)9-18(26)27/h3-6,10-11,13,15H,7-9H2,1-2H3,(H,21,24)(H,22,29)(H,23,28)(H,26,27)/t13-,15-/m0/s1. The Labute approximate surface area is 167 Å². The fraction of sp³-hybridized carbons (Fsp3) is 0.350. The van der Waals surface area contributed by atoms with Crippen LogP contribution in [0.3, 0.4) is 0 Å². The Morgan fingerprint density at radius 3 is 2.48 bits per heavy atom. The summed E-state index contributed by atoms with van der Waals surface area (Å²) in [7, 11) is 0. The van der Waals surface area contributed by atoms with Crippen LogP contribution < -0.4 is 10.6 Å². The van der Waals surface area contributed by atoms with Gasteiger partial charge in [-0.3, -0.25) is 14.4 Å². The summed E-state index contributed by atoms with van der Waals surface area (Å²) in [6, 6.07) is 6.05. The van der Waals surface area contributed by atoms with Crippen molar-refractivity contribution in [2.45, 2.75) is 45.2 Å². The number of carbonyl (C=O) groups is 4. The molecule has 0 fully saturated rings. The lowest BCUT2D eigenvalue weighted by Gasteiger charge is -2.16. The third kappa shape index (κ3) is 6.87. The maximum absolute atomic E-state index is 12.3. The summed E-state index contributed by atoms with van der Waals surface area (Å²) in [5.41, 5.74) is 2.56. The summed E-state index contributed by atoms with van der Waals surface area (Å²) in [6.45, 7) is 3.46. The van der Waals surface area contributed by atoms with Gasteiger partial charge in [-0.2, -0.15) is 0 Å². The Morgan fingerprint density at radius 2 is 1.86 bits per heavy atom. The summed E-state index contributed by atoms with van der Waals surface area (Å²) in [4.78, 5) is 53.0. The molecule has 0 aliphatic carbocycles. The minimum Gasteiger partial charge on any atom is -0.481 e. The topological polar surface area (TPSA) is 141 Å². The van der Waals surface area contributed by atoms with Crippen molar-refractivity contribution in [1.29, 1.82) is 0 Å². The van der Waals surface area contributed by atoms with Crippen molar-refractivity contribution in [2.75, 3.05) is 0 Å². The Hall–Kier alpha value is -3.49. The lowest BCUT2D eigenvalue weighted by molar-refractivity contribution is -0.138. The number of aryl methyl sites for hydroxylation is 3. The van der Waals surface area contributed by atoms with Gasteiger partial charge in [0, 0.05) is 6.42 Å². The van der Waals surface area contributed by atoms with E-state index in [-0.39, 0.29) is 5.69 Å². The highest BCUT2D eigenvalue weighted by Gasteiger charge is 2.22. The van der Waals surface area contributed by atoms with Gasteiger partial charge in [0.1, 0.15) is 23.8 Å². The number of imidazole rings is 1. The third-order valence-corrected chi connectivity index (χ3v) is 4.27. The second-order valence-corrected chi connectivity index (χ2v) is 6.77. The molecular formula is C20H24N4O5. The first-order valence-electron chi connectivity index (χ1n) is 9.16. The molecule has 154 valence electrons. The van der Waals surface area contributed by atoms with E-state index in [4.69, 9.17) is 5.11 Å². The van der Waals surface area contributed by atoms with Gasteiger partial charge in [0.05, 0.1) is 18.7 Å². The summed E-state index contributed by atoms with van der Waals surface area (Å²) in [5.74, 6) is -1.75. The highest BCUT2D eigenvalue weighted by atomic mass is 16.4. The number of amides is 2. The van der Waals surface area contributed by atoms with Gasteiger partial charge < -0.3 is 25.5 Å². The molecule has 0 unspecified atom stereocenters. The lowest BCUT2D eigenvalue weighted by Crippen LogP contribution is -2.49. The van der Waals surface area contributed by atoms with Crippen LogP contribution in [0.15, 0.2) is 30.5 Å². The minimum atomic E-state index is -1.21. The van der Waals surface area contributed by atoms with Crippen molar-refractivity contribution in [2.24, 2.45) is 0 Å². The summed E-state index contributed by atoms with van der Waals surface area (Å²) >= 11 is 0. The highest BCUT2D eigenvalue weighted by Crippen LogP contribution is 2.07. The normalized spacial score (nSPS) is 12.6. The molecule has 2 rings (SSSR count). The minimum absolute atomic E-state index is 0.209. The molecule has 2 atom stereocenters. The van der Waals surface area contributed by atoms with Crippen molar-refractivity contribution in [3.05, 3.63) is 53.1 Å². The van der Waals surface area contributed by atoms with E-state index in [1.54, 1.807) is 0 Å². The van der Waals surface area contributed by atoms with Crippen LogP contribution in [0.2, 0.25) is 0 Å². The first-order valence-corrected chi connectivity index (χ1v) is 9.16. The van der Waals surface area contributed by atoms with Crippen molar-refractivity contribution in [3.63, 3.8) is 0 Å². The molecule has 0 radical (unpaired) electrons. The monoisotopic (exact) mass is 400 g/mol. The fourth-order valence-electron chi connectivity index (χ4n) is 2.59. The van der Waals surface area contributed by atoms with Crippen LogP contribution in [0.1, 0.15) is 40.8 Å². The molecule has 4 N–H and O–H groups in total. The maximum Gasteiger partial charge on any atom is 0.305 e.